The van der Waals surface area contributed by atoms with Crippen LogP contribution in [0.15, 0.2) is 0 Å². The quantitative estimate of drug-likeness (QED) is 0.807. The van der Waals surface area contributed by atoms with Gasteiger partial charge in [-0.05, 0) is 38.5 Å². The Balaban J connectivity index is 2.03. The van der Waals surface area contributed by atoms with Crippen molar-refractivity contribution in [3.8, 4) is 0 Å². The van der Waals surface area contributed by atoms with E-state index in [1.807, 2.05) is 13.8 Å². The lowest BCUT2D eigenvalue weighted by Crippen LogP contribution is -2.56. The molecule has 0 radical (unpaired) electrons. The van der Waals surface area contributed by atoms with Gasteiger partial charge in [-0.3, -0.25) is 9.59 Å². The van der Waals surface area contributed by atoms with E-state index in [4.69, 9.17) is 0 Å². The van der Waals surface area contributed by atoms with Gasteiger partial charge in [-0.2, -0.15) is 0 Å². The van der Waals surface area contributed by atoms with E-state index < -0.39 is 17.4 Å². The Morgan fingerprint density at radius 1 is 1.28 bits per heavy atom. The summed E-state index contributed by atoms with van der Waals surface area (Å²) < 4.78 is 0. The highest BCUT2D eigenvalue weighted by Gasteiger charge is 2.44. The maximum absolute atomic E-state index is 12.2. The molecule has 0 bridgehead atoms. The van der Waals surface area contributed by atoms with Crippen molar-refractivity contribution in [3.05, 3.63) is 0 Å². The second-order valence-corrected chi connectivity index (χ2v) is 6.17. The molecule has 2 aliphatic rings. The zero-order valence-electron chi connectivity index (χ0n) is 11.2. The molecule has 2 saturated carbocycles. The molecule has 1 amide bonds. The second kappa shape index (κ2) is 4.90. The van der Waals surface area contributed by atoms with Crippen LogP contribution in [0, 0.1) is 17.8 Å². The normalized spacial score (nSPS) is 33.8. The van der Waals surface area contributed by atoms with Gasteiger partial charge in [0.05, 0.1) is 11.5 Å². The highest BCUT2D eigenvalue weighted by atomic mass is 16.4. The Kier molecular flexibility index (Phi) is 3.64. The van der Waals surface area contributed by atoms with Crippen LogP contribution in [0.1, 0.15) is 52.4 Å². The van der Waals surface area contributed by atoms with E-state index in [1.165, 1.54) is 0 Å². The van der Waals surface area contributed by atoms with E-state index in [-0.39, 0.29) is 11.8 Å². The number of hydrogen-bond acceptors (Lipinski definition) is 2. The summed E-state index contributed by atoms with van der Waals surface area (Å²) in [5.41, 5.74) is -0.565. The third-order valence-corrected chi connectivity index (χ3v) is 4.66. The van der Waals surface area contributed by atoms with Crippen molar-refractivity contribution in [1.29, 1.82) is 0 Å². The van der Waals surface area contributed by atoms with Gasteiger partial charge in [0, 0.05) is 5.92 Å². The number of carbonyl (C=O) groups is 2. The van der Waals surface area contributed by atoms with E-state index >= 15 is 0 Å². The number of amides is 1. The van der Waals surface area contributed by atoms with Gasteiger partial charge < -0.3 is 10.4 Å². The van der Waals surface area contributed by atoms with Crippen LogP contribution in [0.25, 0.3) is 0 Å². The Hall–Kier alpha value is -1.06. The molecule has 0 aromatic carbocycles. The first-order chi connectivity index (χ1) is 8.44. The van der Waals surface area contributed by atoms with Crippen LogP contribution >= 0.6 is 0 Å². The second-order valence-electron chi connectivity index (χ2n) is 6.17. The minimum Gasteiger partial charge on any atom is -0.481 e. The summed E-state index contributed by atoms with van der Waals surface area (Å²) in [6.45, 7) is 3.84. The zero-order chi connectivity index (χ0) is 13.3. The van der Waals surface area contributed by atoms with E-state index in [0.29, 0.717) is 12.3 Å². The lowest BCUT2D eigenvalue weighted by Gasteiger charge is -2.40. The molecule has 2 rings (SSSR count). The highest BCUT2D eigenvalue weighted by molar-refractivity contribution is 5.81. The van der Waals surface area contributed by atoms with Gasteiger partial charge in [0.15, 0.2) is 0 Å². The third-order valence-electron chi connectivity index (χ3n) is 4.66. The lowest BCUT2D eigenvalue weighted by molar-refractivity contribution is -0.147. The Morgan fingerprint density at radius 3 is 2.50 bits per heavy atom. The molecule has 0 spiro atoms. The molecule has 4 nitrogen and oxygen atoms in total. The number of rotatable bonds is 4. The number of carboxylic acid groups (broad SMARTS) is 1. The SMILES string of the molecule is CC(C(=O)NC1(C)CCCCC1C(=O)O)C1CC1. The van der Waals surface area contributed by atoms with Crippen molar-refractivity contribution in [2.75, 3.05) is 0 Å². The standard InChI is InChI=1S/C14H23NO3/c1-9(10-6-7-10)12(16)15-14(2)8-4-3-5-11(14)13(17)18/h9-11H,3-8H2,1-2H3,(H,15,16)(H,17,18). The van der Waals surface area contributed by atoms with Gasteiger partial charge in [0.2, 0.25) is 5.91 Å². The molecule has 4 heteroatoms. The molecule has 0 saturated heterocycles. The molecular formula is C14H23NO3. The Morgan fingerprint density at radius 2 is 1.94 bits per heavy atom. The molecule has 2 fully saturated rings. The monoisotopic (exact) mass is 253 g/mol. The smallest absolute Gasteiger partial charge is 0.308 e. The van der Waals surface area contributed by atoms with Crippen molar-refractivity contribution in [1.82, 2.24) is 5.32 Å². The number of nitrogens with one attached hydrogen (secondary N) is 1. The topological polar surface area (TPSA) is 66.4 Å². The first-order valence-corrected chi connectivity index (χ1v) is 6.99. The van der Waals surface area contributed by atoms with Crippen LogP contribution < -0.4 is 5.32 Å². The summed E-state index contributed by atoms with van der Waals surface area (Å²) >= 11 is 0. The van der Waals surface area contributed by atoms with Crippen molar-refractivity contribution in [2.24, 2.45) is 17.8 Å². The van der Waals surface area contributed by atoms with Crippen molar-refractivity contribution >= 4 is 11.9 Å². The summed E-state index contributed by atoms with van der Waals surface area (Å²) in [4.78, 5) is 23.5. The van der Waals surface area contributed by atoms with Crippen LogP contribution in [-0.4, -0.2) is 22.5 Å². The fourth-order valence-electron chi connectivity index (χ4n) is 3.08. The lowest BCUT2D eigenvalue weighted by atomic mass is 9.73. The van der Waals surface area contributed by atoms with Gasteiger partial charge >= 0.3 is 5.97 Å². The van der Waals surface area contributed by atoms with Crippen LogP contribution in [0.5, 0.6) is 0 Å². The van der Waals surface area contributed by atoms with Crippen molar-refractivity contribution < 1.29 is 14.7 Å². The molecule has 102 valence electrons. The molecular weight excluding hydrogens is 230 g/mol. The third kappa shape index (κ3) is 2.68. The number of carboxylic acids is 1. The maximum Gasteiger partial charge on any atom is 0.308 e. The summed E-state index contributed by atoms with van der Waals surface area (Å²) in [6.07, 6.45) is 5.65. The first-order valence-electron chi connectivity index (χ1n) is 6.99. The van der Waals surface area contributed by atoms with Gasteiger partial charge in [0.1, 0.15) is 0 Å². The molecule has 2 N–H and O–H groups in total. The fraction of sp³-hybridized carbons (Fsp3) is 0.857. The molecule has 0 heterocycles. The van der Waals surface area contributed by atoms with E-state index in [0.717, 1.165) is 32.1 Å². The molecule has 0 aliphatic heterocycles. The predicted molar refractivity (Wildman–Crippen MR) is 68.0 cm³/mol. The zero-order valence-corrected chi connectivity index (χ0v) is 11.2. The van der Waals surface area contributed by atoms with Crippen LogP contribution in [0.3, 0.4) is 0 Å². The Labute approximate surface area is 108 Å². The van der Waals surface area contributed by atoms with Gasteiger partial charge in [-0.15, -0.1) is 0 Å². The van der Waals surface area contributed by atoms with Crippen molar-refractivity contribution in [3.63, 3.8) is 0 Å². The van der Waals surface area contributed by atoms with Gasteiger partial charge in [-0.25, -0.2) is 0 Å². The average molecular weight is 253 g/mol. The largest absolute Gasteiger partial charge is 0.481 e. The molecule has 0 aromatic rings. The van der Waals surface area contributed by atoms with Gasteiger partial charge in [0.25, 0.3) is 0 Å². The summed E-state index contributed by atoms with van der Waals surface area (Å²) in [5, 5.41) is 12.3. The number of aliphatic carboxylic acids is 1. The predicted octanol–water partition coefficient (Wildman–Crippen LogP) is 2.18. The van der Waals surface area contributed by atoms with E-state index in [9.17, 15) is 14.7 Å². The fourth-order valence-corrected chi connectivity index (χ4v) is 3.08. The average Bonchev–Trinajstić information content (AvgIpc) is 3.11. The van der Waals surface area contributed by atoms with E-state index in [2.05, 4.69) is 5.32 Å². The number of hydrogen-bond donors (Lipinski definition) is 2. The molecule has 3 atom stereocenters. The van der Waals surface area contributed by atoms with Crippen LogP contribution in [0.2, 0.25) is 0 Å². The molecule has 18 heavy (non-hydrogen) atoms. The number of carbonyl (C=O) groups excluding carboxylic acids is 1. The first kappa shape index (κ1) is 13.4. The Bertz CT molecular complexity index is 351. The van der Waals surface area contributed by atoms with E-state index in [1.54, 1.807) is 0 Å². The summed E-state index contributed by atoms with van der Waals surface area (Å²) in [6, 6.07) is 0. The van der Waals surface area contributed by atoms with Crippen LogP contribution in [-0.2, 0) is 9.59 Å². The maximum atomic E-state index is 12.2. The summed E-state index contributed by atoms with van der Waals surface area (Å²) in [7, 11) is 0. The van der Waals surface area contributed by atoms with Gasteiger partial charge in [-0.1, -0.05) is 19.8 Å². The molecule has 0 aromatic heterocycles. The van der Waals surface area contributed by atoms with Crippen molar-refractivity contribution in [2.45, 2.75) is 57.9 Å². The minimum absolute atomic E-state index is 0.0261. The minimum atomic E-state index is -0.781. The molecule has 2 aliphatic carbocycles. The van der Waals surface area contributed by atoms with Crippen LogP contribution in [0.4, 0.5) is 0 Å². The molecule has 3 unspecified atom stereocenters. The summed E-state index contributed by atoms with van der Waals surface area (Å²) in [5.74, 6) is -0.648. The highest BCUT2D eigenvalue weighted by Crippen LogP contribution is 2.38.